The van der Waals surface area contributed by atoms with Crippen molar-refractivity contribution < 1.29 is 4.42 Å². The van der Waals surface area contributed by atoms with Crippen LogP contribution in [0.5, 0.6) is 0 Å². The van der Waals surface area contributed by atoms with Crippen LogP contribution in [0.2, 0.25) is 0 Å². The van der Waals surface area contributed by atoms with Crippen LogP contribution in [0.25, 0.3) is 99.6 Å². The Labute approximate surface area is 341 Å². The lowest BCUT2D eigenvalue weighted by molar-refractivity contribution is 0.670. The quantitative estimate of drug-likeness (QED) is 0.164. The number of rotatable bonds is 5. The Morgan fingerprint density at radius 3 is 1.97 bits per heavy atom. The summed E-state index contributed by atoms with van der Waals surface area (Å²) in [5, 5.41) is 7.10. The lowest BCUT2D eigenvalue weighted by atomic mass is 9.74. The molecule has 1 unspecified atom stereocenters. The zero-order valence-electron chi connectivity index (χ0n) is 32.4. The van der Waals surface area contributed by atoms with Crippen molar-refractivity contribution in [3.63, 3.8) is 0 Å². The number of furan rings is 1. The van der Waals surface area contributed by atoms with Crippen LogP contribution in [0.3, 0.4) is 0 Å². The van der Waals surface area contributed by atoms with E-state index in [1.165, 1.54) is 49.4 Å². The van der Waals surface area contributed by atoms with Crippen molar-refractivity contribution in [2.75, 3.05) is 0 Å². The Morgan fingerprint density at radius 2 is 1.08 bits per heavy atom. The van der Waals surface area contributed by atoms with Crippen LogP contribution in [0.15, 0.2) is 205 Å². The summed E-state index contributed by atoms with van der Waals surface area (Å²) in [6, 6.07) is 71.5. The summed E-state index contributed by atoms with van der Waals surface area (Å²) in [5.41, 5.74) is 14.7. The topological polar surface area (TPSA) is 38.9 Å². The zero-order valence-corrected chi connectivity index (χ0v) is 32.4. The van der Waals surface area contributed by atoms with E-state index in [9.17, 15) is 0 Å². The average Bonchev–Trinajstić information content (AvgIpc) is 3.83. The molecule has 9 aromatic carbocycles. The van der Waals surface area contributed by atoms with Crippen LogP contribution < -0.4 is 0 Å². The molecular formula is C56H36N2O. The summed E-state index contributed by atoms with van der Waals surface area (Å²) in [6.07, 6.45) is 0. The molecule has 12 rings (SSSR count). The predicted octanol–water partition coefficient (Wildman–Crippen LogP) is 14.7. The van der Waals surface area contributed by atoms with Crippen LogP contribution in [0.1, 0.15) is 23.6 Å². The van der Waals surface area contributed by atoms with Gasteiger partial charge in [-0.25, -0.2) is 9.97 Å². The van der Waals surface area contributed by atoms with Crippen molar-refractivity contribution >= 4 is 43.5 Å². The molecule has 0 saturated carbocycles. The van der Waals surface area contributed by atoms with Gasteiger partial charge in [0.15, 0.2) is 5.82 Å². The van der Waals surface area contributed by atoms with Crippen molar-refractivity contribution in [3.05, 3.63) is 217 Å². The number of hydrogen-bond donors (Lipinski definition) is 0. The minimum atomic E-state index is -0.317. The van der Waals surface area contributed by atoms with E-state index in [2.05, 4.69) is 195 Å². The first-order valence-corrected chi connectivity index (χ1v) is 20.2. The van der Waals surface area contributed by atoms with E-state index in [1.54, 1.807) is 0 Å². The van der Waals surface area contributed by atoms with Gasteiger partial charge in [-0.3, -0.25) is 0 Å². The molecule has 2 aromatic heterocycles. The van der Waals surface area contributed by atoms with Crippen molar-refractivity contribution in [1.82, 2.24) is 9.97 Å². The van der Waals surface area contributed by atoms with Gasteiger partial charge in [0.25, 0.3) is 0 Å². The third-order valence-electron chi connectivity index (χ3n) is 12.6. The molecule has 1 atom stereocenters. The molecule has 2 heterocycles. The Morgan fingerprint density at radius 1 is 0.424 bits per heavy atom. The fraction of sp³-hybridized carbons (Fsp3) is 0.0357. The van der Waals surface area contributed by atoms with Gasteiger partial charge in [-0.05, 0) is 86.1 Å². The van der Waals surface area contributed by atoms with E-state index in [0.717, 1.165) is 61.1 Å². The SMILES string of the molecule is CC1(c2ccccc2)c2ccccc2-c2c(-c3cc(-c4cccc(-c5cc6c7ccccc7ccc6c6c5oc5ccccc56)c4)nc(-c4ccccc4)n3)cccc21. The van der Waals surface area contributed by atoms with Gasteiger partial charge >= 0.3 is 0 Å². The number of para-hydroxylation sites is 1. The molecule has 0 bridgehead atoms. The maximum Gasteiger partial charge on any atom is 0.160 e. The highest BCUT2D eigenvalue weighted by atomic mass is 16.3. The Hall–Kier alpha value is -7.62. The Kier molecular flexibility index (Phi) is 7.36. The number of hydrogen-bond acceptors (Lipinski definition) is 3. The third-order valence-corrected chi connectivity index (χ3v) is 12.6. The van der Waals surface area contributed by atoms with Crippen molar-refractivity contribution in [2.45, 2.75) is 12.3 Å². The molecule has 0 radical (unpaired) electrons. The molecule has 0 fully saturated rings. The number of benzene rings is 9. The highest BCUT2D eigenvalue weighted by Gasteiger charge is 2.41. The van der Waals surface area contributed by atoms with Gasteiger partial charge in [-0.15, -0.1) is 0 Å². The van der Waals surface area contributed by atoms with Gasteiger partial charge in [0, 0.05) is 38.4 Å². The van der Waals surface area contributed by atoms with Crippen LogP contribution in [0, 0.1) is 0 Å². The van der Waals surface area contributed by atoms with Gasteiger partial charge in [0.2, 0.25) is 0 Å². The molecule has 1 aliphatic carbocycles. The van der Waals surface area contributed by atoms with E-state index in [0.29, 0.717) is 5.82 Å². The van der Waals surface area contributed by atoms with E-state index in [1.807, 2.05) is 12.1 Å². The lowest BCUT2D eigenvalue weighted by Gasteiger charge is -2.28. The molecule has 0 N–H and O–H groups in total. The summed E-state index contributed by atoms with van der Waals surface area (Å²) in [5.74, 6) is 0.690. The lowest BCUT2D eigenvalue weighted by Crippen LogP contribution is -2.22. The average molecular weight is 753 g/mol. The highest BCUT2D eigenvalue weighted by Crippen LogP contribution is 2.55. The van der Waals surface area contributed by atoms with Gasteiger partial charge < -0.3 is 4.42 Å². The second kappa shape index (κ2) is 13.0. The smallest absolute Gasteiger partial charge is 0.160 e. The Balaban J connectivity index is 1.09. The van der Waals surface area contributed by atoms with Gasteiger partial charge in [-0.2, -0.15) is 0 Å². The minimum Gasteiger partial charge on any atom is -0.455 e. The molecular weight excluding hydrogens is 717 g/mol. The second-order valence-corrected chi connectivity index (χ2v) is 15.8. The van der Waals surface area contributed by atoms with Gasteiger partial charge in [0.1, 0.15) is 11.2 Å². The maximum absolute atomic E-state index is 6.75. The summed E-state index contributed by atoms with van der Waals surface area (Å²) >= 11 is 0. The molecule has 3 heteroatoms. The predicted molar refractivity (Wildman–Crippen MR) is 243 cm³/mol. The minimum absolute atomic E-state index is 0.317. The summed E-state index contributed by atoms with van der Waals surface area (Å²) in [7, 11) is 0. The van der Waals surface area contributed by atoms with Crippen LogP contribution in [-0.2, 0) is 5.41 Å². The fourth-order valence-corrected chi connectivity index (χ4v) is 9.73. The van der Waals surface area contributed by atoms with Crippen molar-refractivity contribution in [1.29, 1.82) is 0 Å². The van der Waals surface area contributed by atoms with E-state index in [-0.39, 0.29) is 5.41 Å². The molecule has 3 nitrogen and oxygen atoms in total. The summed E-state index contributed by atoms with van der Waals surface area (Å²) < 4.78 is 6.75. The van der Waals surface area contributed by atoms with Gasteiger partial charge in [0.05, 0.1) is 11.4 Å². The molecule has 0 aliphatic heterocycles. The number of nitrogens with zero attached hydrogens (tertiary/aromatic N) is 2. The molecule has 0 saturated heterocycles. The highest BCUT2D eigenvalue weighted by molar-refractivity contribution is 6.26. The van der Waals surface area contributed by atoms with E-state index < -0.39 is 0 Å². The fourth-order valence-electron chi connectivity index (χ4n) is 9.73. The molecule has 1 aliphatic rings. The maximum atomic E-state index is 6.75. The van der Waals surface area contributed by atoms with Crippen molar-refractivity contribution in [2.24, 2.45) is 0 Å². The number of aromatic nitrogens is 2. The molecule has 0 amide bonds. The molecule has 276 valence electrons. The normalized spacial score (nSPS) is 14.6. The third kappa shape index (κ3) is 5.08. The van der Waals surface area contributed by atoms with Crippen LogP contribution in [0.4, 0.5) is 0 Å². The number of fused-ring (bicyclic) bond motifs is 10. The van der Waals surface area contributed by atoms with E-state index in [4.69, 9.17) is 14.4 Å². The zero-order chi connectivity index (χ0) is 39.1. The molecule has 11 aromatic rings. The first-order chi connectivity index (χ1) is 29.1. The second-order valence-electron chi connectivity index (χ2n) is 15.8. The standard InChI is InChI=1S/C56H36N2O/c1-56(39-21-6-3-7-22-39)47-27-12-10-24-42(47)52-43(26-15-28-48(52)56)50-34-49(57-55(58-50)36-17-4-2-5-18-36)38-20-14-19-37(32-38)45-33-46-40-23-9-8-16-35(40)30-31-41(46)53-44-25-11-13-29-51(44)59-54(45)53/h2-34H,1H3. The molecule has 59 heavy (non-hydrogen) atoms. The summed E-state index contributed by atoms with van der Waals surface area (Å²) in [6.45, 7) is 2.36. The monoisotopic (exact) mass is 752 g/mol. The van der Waals surface area contributed by atoms with Crippen LogP contribution >= 0.6 is 0 Å². The summed E-state index contributed by atoms with van der Waals surface area (Å²) in [4.78, 5) is 10.7. The first kappa shape index (κ1) is 33.5. The Bertz CT molecular complexity index is 3460. The van der Waals surface area contributed by atoms with Crippen molar-refractivity contribution in [3.8, 4) is 56.2 Å². The van der Waals surface area contributed by atoms with Gasteiger partial charge in [-0.1, -0.05) is 176 Å². The van der Waals surface area contributed by atoms with E-state index >= 15 is 0 Å². The first-order valence-electron chi connectivity index (χ1n) is 20.2. The van der Waals surface area contributed by atoms with Crippen LogP contribution in [-0.4, -0.2) is 9.97 Å². The molecule has 0 spiro atoms. The largest absolute Gasteiger partial charge is 0.455 e.